The number of thiazole rings is 1. The zero-order valence-corrected chi connectivity index (χ0v) is 21.9. The fraction of sp³-hybridized carbons (Fsp3) is 0.545. The molecular weight excluding hydrogens is 523 g/mol. The maximum atomic E-state index is 5.25. The Balaban J connectivity index is 0.00000341. The van der Waals surface area contributed by atoms with Gasteiger partial charge in [0.15, 0.2) is 5.96 Å². The molecule has 9 heteroatoms. The Morgan fingerprint density at radius 2 is 1.84 bits per heavy atom. The van der Waals surface area contributed by atoms with E-state index in [1.54, 1.807) is 18.4 Å². The highest BCUT2D eigenvalue weighted by Crippen LogP contribution is 2.20. The number of benzene rings is 1. The van der Waals surface area contributed by atoms with Crippen molar-refractivity contribution in [3.63, 3.8) is 0 Å². The van der Waals surface area contributed by atoms with Crippen LogP contribution >= 0.6 is 35.3 Å². The maximum Gasteiger partial charge on any atom is 0.190 e. The summed E-state index contributed by atoms with van der Waals surface area (Å²) in [7, 11) is 3.53. The third-order valence-electron chi connectivity index (χ3n) is 5.32. The summed E-state index contributed by atoms with van der Waals surface area (Å²) in [5, 5.41) is 10.0. The van der Waals surface area contributed by atoms with Crippen molar-refractivity contribution in [2.75, 3.05) is 64.9 Å². The van der Waals surface area contributed by atoms with Gasteiger partial charge in [-0.3, -0.25) is 9.89 Å². The largest absolute Gasteiger partial charge is 0.497 e. The molecule has 0 spiro atoms. The average Bonchev–Trinajstić information content (AvgIpc) is 3.21. The van der Waals surface area contributed by atoms with Gasteiger partial charge in [0.05, 0.1) is 17.8 Å². The molecule has 2 aromatic rings. The number of aryl methyl sites for hydroxylation is 1. The lowest BCUT2D eigenvalue weighted by Gasteiger charge is -2.36. The van der Waals surface area contributed by atoms with Crippen LogP contribution < -0.4 is 20.3 Å². The van der Waals surface area contributed by atoms with Gasteiger partial charge in [-0.2, -0.15) is 0 Å². The minimum atomic E-state index is 0. The van der Waals surface area contributed by atoms with Crippen molar-refractivity contribution < 1.29 is 4.74 Å². The van der Waals surface area contributed by atoms with Crippen molar-refractivity contribution in [3.05, 3.63) is 40.3 Å². The zero-order chi connectivity index (χ0) is 21.2. The van der Waals surface area contributed by atoms with Crippen LogP contribution in [0.5, 0.6) is 5.75 Å². The Labute approximate surface area is 207 Å². The summed E-state index contributed by atoms with van der Waals surface area (Å²) in [5.74, 6) is 1.78. The summed E-state index contributed by atoms with van der Waals surface area (Å²) >= 11 is 1.70. The second-order valence-electron chi connectivity index (χ2n) is 7.41. The third-order valence-corrected chi connectivity index (χ3v) is 6.14. The van der Waals surface area contributed by atoms with Gasteiger partial charge in [-0.25, -0.2) is 4.98 Å². The Morgan fingerprint density at radius 3 is 2.45 bits per heavy atom. The number of halogens is 1. The molecule has 1 aliphatic rings. The molecule has 7 nitrogen and oxygen atoms in total. The minimum absolute atomic E-state index is 0. The van der Waals surface area contributed by atoms with Crippen LogP contribution in [0, 0.1) is 6.92 Å². The summed E-state index contributed by atoms with van der Waals surface area (Å²) in [6.07, 6.45) is 2.03. The fourth-order valence-corrected chi connectivity index (χ4v) is 4.23. The van der Waals surface area contributed by atoms with Crippen LogP contribution in [0.3, 0.4) is 0 Å². The Hall–Kier alpha value is -1.59. The second-order valence-corrected chi connectivity index (χ2v) is 8.48. The molecule has 2 N–H and O–H groups in total. The molecule has 1 aliphatic heterocycles. The number of methoxy groups -OCH3 is 1. The molecule has 2 heterocycles. The molecule has 0 saturated carbocycles. The van der Waals surface area contributed by atoms with Crippen LogP contribution in [0.2, 0.25) is 0 Å². The van der Waals surface area contributed by atoms with E-state index in [9.17, 15) is 0 Å². The Morgan fingerprint density at radius 1 is 1.13 bits per heavy atom. The van der Waals surface area contributed by atoms with Crippen molar-refractivity contribution in [1.29, 1.82) is 0 Å². The first-order valence-corrected chi connectivity index (χ1v) is 11.5. The summed E-state index contributed by atoms with van der Waals surface area (Å²) < 4.78 is 5.25. The number of aromatic nitrogens is 1. The summed E-state index contributed by atoms with van der Waals surface area (Å²) in [4.78, 5) is 13.8. The predicted octanol–water partition coefficient (Wildman–Crippen LogP) is 3.00. The SMILES string of the molecule is CN=C(NCCCN1CCN(c2ccc(OC)cc2)CC1)NCCc1csc(C)n1.I. The van der Waals surface area contributed by atoms with Gasteiger partial charge in [0.2, 0.25) is 0 Å². The fourth-order valence-electron chi connectivity index (χ4n) is 3.58. The van der Waals surface area contributed by atoms with Crippen LogP contribution in [0.15, 0.2) is 34.6 Å². The van der Waals surface area contributed by atoms with Crippen LogP contribution in [-0.2, 0) is 6.42 Å². The van der Waals surface area contributed by atoms with Crippen molar-refractivity contribution in [3.8, 4) is 5.75 Å². The van der Waals surface area contributed by atoms with Gasteiger partial charge < -0.3 is 20.3 Å². The molecule has 3 rings (SSSR count). The normalized spacial score (nSPS) is 14.8. The van der Waals surface area contributed by atoms with E-state index in [4.69, 9.17) is 4.74 Å². The average molecular weight is 559 g/mol. The van der Waals surface area contributed by atoms with E-state index in [-0.39, 0.29) is 24.0 Å². The molecule has 1 aromatic heterocycles. The number of anilines is 1. The van der Waals surface area contributed by atoms with E-state index >= 15 is 0 Å². The standard InChI is InChI=1S/C22H34N6OS.HI/c1-18-26-19(17-30-18)9-11-25-22(23-2)24-10-4-12-27-13-15-28(16-14-27)20-5-7-21(29-3)8-6-20;/h5-8,17H,4,9-16H2,1-3H3,(H2,23,24,25);1H. The van der Waals surface area contributed by atoms with Crippen LogP contribution in [0.4, 0.5) is 5.69 Å². The molecule has 0 bridgehead atoms. The predicted molar refractivity (Wildman–Crippen MR) is 142 cm³/mol. The molecule has 0 atom stereocenters. The van der Waals surface area contributed by atoms with Gasteiger partial charge in [0.25, 0.3) is 0 Å². The van der Waals surface area contributed by atoms with Crippen molar-refractivity contribution in [1.82, 2.24) is 20.5 Å². The van der Waals surface area contributed by atoms with Gasteiger partial charge >= 0.3 is 0 Å². The Kier molecular flexibility index (Phi) is 11.4. The zero-order valence-electron chi connectivity index (χ0n) is 18.8. The summed E-state index contributed by atoms with van der Waals surface area (Å²) in [6, 6.07) is 8.36. The quantitative estimate of drug-likeness (QED) is 0.214. The number of nitrogens with one attached hydrogen (secondary N) is 2. The summed E-state index contributed by atoms with van der Waals surface area (Å²) in [6.45, 7) is 9.26. The van der Waals surface area contributed by atoms with Crippen molar-refractivity contribution in [2.45, 2.75) is 19.8 Å². The highest BCUT2D eigenvalue weighted by atomic mass is 127. The number of hydrogen-bond donors (Lipinski definition) is 2. The molecule has 0 aliphatic carbocycles. The topological polar surface area (TPSA) is 65.0 Å². The maximum absolute atomic E-state index is 5.25. The number of nitrogens with zero attached hydrogens (tertiary/aromatic N) is 4. The molecule has 0 unspecified atom stereocenters. The Bertz CT molecular complexity index is 790. The number of aliphatic imine (C=N–C) groups is 1. The van der Waals surface area contributed by atoms with Crippen LogP contribution in [0.25, 0.3) is 0 Å². The highest BCUT2D eigenvalue weighted by molar-refractivity contribution is 14.0. The third kappa shape index (κ3) is 8.46. The van der Waals surface area contributed by atoms with Crippen LogP contribution in [-0.4, -0.2) is 75.8 Å². The molecule has 172 valence electrons. The van der Waals surface area contributed by atoms with Gasteiger partial charge in [0.1, 0.15) is 5.75 Å². The van der Waals surface area contributed by atoms with E-state index in [0.29, 0.717) is 0 Å². The van der Waals surface area contributed by atoms with E-state index in [1.165, 1.54) is 5.69 Å². The lowest BCUT2D eigenvalue weighted by molar-refractivity contribution is 0.255. The lowest BCUT2D eigenvalue weighted by Crippen LogP contribution is -2.47. The van der Waals surface area contributed by atoms with Gasteiger partial charge in [0, 0.05) is 63.8 Å². The van der Waals surface area contributed by atoms with Gasteiger partial charge in [-0.1, -0.05) is 0 Å². The minimum Gasteiger partial charge on any atom is -0.497 e. The number of guanidine groups is 1. The first kappa shape index (κ1) is 25.7. The molecule has 0 amide bonds. The molecule has 1 aromatic carbocycles. The van der Waals surface area contributed by atoms with Gasteiger partial charge in [-0.05, 0) is 44.2 Å². The molecular formula is C22H35IN6OS. The van der Waals surface area contributed by atoms with E-state index in [2.05, 4.69) is 47.9 Å². The van der Waals surface area contributed by atoms with E-state index < -0.39 is 0 Å². The number of hydrogen-bond acceptors (Lipinski definition) is 6. The van der Waals surface area contributed by atoms with E-state index in [0.717, 1.165) is 81.1 Å². The number of rotatable bonds is 9. The molecule has 1 saturated heterocycles. The van der Waals surface area contributed by atoms with Crippen molar-refractivity contribution >= 4 is 47.0 Å². The smallest absolute Gasteiger partial charge is 0.190 e. The van der Waals surface area contributed by atoms with Crippen LogP contribution in [0.1, 0.15) is 17.1 Å². The first-order valence-electron chi connectivity index (χ1n) is 10.6. The monoisotopic (exact) mass is 558 g/mol. The highest BCUT2D eigenvalue weighted by Gasteiger charge is 2.16. The lowest BCUT2D eigenvalue weighted by atomic mass is 10.2. The van der Waals surface area contributed by atoms with Crippen molar-refractivity contribution in [2.24, 2.45) is 4.99 Å². The number of piperazine rings is 1. The first-order chi connectivity index (χ1) is 14.7. The number of ether oxygens (including phenoxy) is 1. The molecule has 1 fully saturated rings. The second kappa shape index (κ2) is 13.7. The molecule has 31 heavy (non-hydrogen) atoms. The summed E-state index contributed by atoms with van der Waals surface area (Å²) in [5.41, 5.74) is 2.43. The van der Waals surface area contributed by atoms with E-state index in [1.807, 2.05) is 26.1 Å². The van der Waals surface area contributed by atoms with Gasteiger partial charge in [-0.15, -0.1) is 35.3 Å². The molecule has 0 radical (unpaired) electrons.